The molecule has 23 heavy (non-hydrogen) atoms. The summed E-state index contributed by atoms with van der Waals surface area (Å²) in [6.45, 7) is 0. The van der Waals surface area contributed by atoms with Crippen LogP contribution in [-0.4, -0.2) is 9.38 Å². The van der Waals surface area contributed by atoms with Gasteiger partial charge in [-0.05, 0) is 24.3 Å². The predicted octanol–water partition coefficient (Wildman–Crippen LogP) is 5.51. The van der Waals surface area contributed by atoms with E-state index in [-0.39, 0.29) is 0 Å². The summed E-state index contributed by atoms with van der Waals surface area (Å²) in [5, 5.41) is 3.50. The van der Waals surface area contributed by atoms with Crippen molar-refractivity contribution in [1.82, 2.24) is 9.38 Å². The standard InChI is InChI=1S/C19H14BrN3/c20-15-11-12-23-17(13-15)22-18(14-7-3-1-4-8-14)19(23)21-16-9-5-2-6-10-16/h1-13,21H. The fourth-order valence-electron chi connectivity index (χ4n) is 2.59. The molecule has 2 aromatic carbocycles. The number of aromatic nitrogens is 2. The average molecular weight is 364 g/mol. The molecule has 0 saturated heterocycles. The van der Waals surface area contributed by atoms with E-state index >= 15 is 0 Å². The summed E-state index contributed by atoms with van der Waals surface area (Å²) in [6.07, 6.45) is 2.02. The highest BCUT2D eigenvalue weighted by Crippen LogP contribution is 2.31. The number of hydrogen-bond donors (Lipinski definition) is 1. The van der Waals surface area contributed by atoms with E-state index in [1.54, 1.807) is 0 Å². The van der Waals surface area contributed by atoms with Gasteiger partial charge in [0.05, 0.1) is 0 Å². The molecular formula is C19H14BrN3. The second-order valence-corrected chi connectivity index (χ2v) is 6.15. The topological polar surface area (TPSA) is 29.3 Å². The zero-order valence-electron chi connectivity index (χ0n) is 12.3. The van der Waals surface area contributed by atoms with Crippen molar-refractivity contribution in [3.05, 3.63) is 83.5 Å². The molecule has 0 bridgehead atoms. The lowest BCUT2D eigenvalue weighted by Crippen LogP contribution is -1.96. The van der Waals surface area contributed by atoms with Gasteiger partial charge in [0.25, 0.3) is 0 Å². The van der Waals surface area contributed by atoms with Gasteiger partial charge >= 0.3 is 0 Å². The average Bonchev–Trinajstić information content (AvgIpc) is 2.94. The molecule has 0 saturated carbocycles. The number of nitrogens with one attached hydrogen (secondary N) is 1. The summed E-state index contributed by atoms with van der Waals surface area (Å²) in [4.78, 5) is 4.81. The van der Waals surface area contributed by atoms with Gasteiger partial charge in [-0.15, -0.1) is 0 Å². The number of nitrogens with zero attached hydrogens (tertiary/aromatic N) is 2. The molecule has 4 aromatic rings. The normalized spacial score (nSPS) is 10.8. The Morgan fingerprint density at radius 2 is 1.57 bits per heavy atom. The first kappa shape index (κ1) is 14.0. The van der Waals surface area contributed by atoms with E-state index < -0.39 is 0 Å². The second kappa shape index (κ2) is 5.89. The minimum absolute atomic E-state index is 0.900. The van der Waals surface area contributed by atoms with Gasteiger partial charge in [-0.25, -0.2) is 4.98 Å². The number of hydrogen-bond acceptors (Lipinski definition) is 2. The van der Waals surface area contributed by atoms with Crippen LogP contribution < -0.4 is 5.32 Å². The molecule has 0 radical (unpaired) electrons. The Hall–Kier alpha value is -2.59. The molecule has 0 spiro atoms. The molecule has 3 nitrogen and oxygen atoms in total. The molecule has 0 atom stereocenters. The highest BCUT2D eigenvalue weighted by molar-refractivity contribution is 9.10. The molecule has 4 heteroatoms. The molecule has 0 unspecified atom stereocenters. The first-order chi connectivity index (χ1) is 11.3. The molecule has 0 amide bonds. The van der Waals surface area contributed by atoms with Gasteiger partial charge in [-0.2, -0.15) is 0 Å². The van der Waals surface area contributed by atoms with Crippen LogP contribution in [0.15, 0.2) is 83.5 Å². The predicted molar refractivity (Wildman–Crippen MR) is 98.1 cm³/mol. The molecular weight excluding hydrogens is 350 g/mol. The van der Waals surface area contributed by atoms with Crippen molar-refractivity contribution in [1.29, 1.82) is 0 Å². The maximum atomic E-state index is 4.81. The van der Waals surface area contributed by atoms with Crippen molar-refractivity contribution in [3.8, 4) is 11.3 Å². The Balaban J connectivity index is 1.92. The minimum atomic E-state index is 0.900. The highest BCUT2D eigenvalue weighted by atomic mass is 79.9. The van der Waals surface area contributed by atoms with Crippen LogP contribution in [0.3, 0.4) is 0 Å². The van der Waals surface area contributed by atoms with Crippen molar-refractivity contribution in [3.63, 3.8) is 0 Å². The Morgan fingerprint density at radius 3 is 2.30 bits per heavy atom. The van der Waals surface area contributed by atoms with Gasteiger partial charge in [0.2, 0.25) is 0 Å². The lowest BCUT2D eigenvalue weighted by atomic mass is 10.1. The van der Waals surface area contributed by atoms with E-state index in [1.165, 1.54) is 0 Å². The largest absolute Gasteiger partial charge is 0.339 e. The minimum Gasteiger partial charge on any atom is -0.339 e. The molecule has 0 aliphatic rings. The summed E-state index contributed by atoms with van der Waals surface area (Å²) in [5.41, 5.74) is 3.96. The highest BCUT2D eigenvalue weighted by Gasteiger charge is 2.14. The number of anilines is 2. The van der Waals surface area contributed by atoms with E-state index in [4.69, 9.17) is 4.98 Å². The first-order valence-corrected chi connectivity index (χ1v) is 8.16. The molecule has 2 heterocycles. The first-order valence-electron chi connectivity index (χ1n) is 7.36. The van der Waals surface area contributed by atoms with Gasteiger partial charge in [-0.3, -0.25) is 4.40 Å². The van der Waals surface area contributed by atoms with Crippen LogP contribution in [0.2, 0.25) is 0 Å². The van der Waals surface area contributed by atoms with Crippen molar-refractivity contribution < 1.29 is 0 Å². The maximum Gasteiger partial charge on any atom is 0.143 e. The summed E-state index contributed by atoms with van der Waals surface area (Å²) >= 11 is 3.52. The number of pyridine rings is 1. The van der Waals surface area contributed by atoms with E-state index in [0.717, 1.165) is 32.9 Å². The quantitative estimate of drug-likeness (QED) is 0.520. The van der Waals surface area contributed by atoms with Crippen molar-refractivity contribution in [2.24, 2.45) is 0 Å². The molecule has 4 rings (SSSR count). The monoisotopic (exact) mass is 363 g/mol. The lowest BCUT2D eigenvalue weighted by Gasteiger charge is -2.09. The molecule has 0 fully saturated rings. The summed E-state index contributed by atoms with van der Waals surface area (Å²) < 4.78 is 3.08. The Kier molecular flexibility index (Phi) is 3.60. The third-order valence-electron chi connectivity index (χ3n) is 3.67. The van der Waals surface area contributed by atoms with Crippen molar-refractivity contribution in [2.45, 2.75) is 0 Å². The lowest BCUT2D eigenvalue weighted by molar-refractivity contribution is 1.18. The number of fused-ring (bicyclic) bond motifs is 1. The van der Waals surface area contributed by atoms with E-state index in [1.807, 2.05) is 66.9 Å². The van der Waals surface area contributed by atoms with Gasteiger partial charge in [0, 0.05) is 21.9 Å². The summed E-state index contributed by atoms with van der Waals surface area (Å²) in [6, 6.07) is 24.4. The van der Waals surface area contributed by atoms with Gasteiger partial charge in [-0.1, -0.05) is 64.5 Å². The molecule has 0 aliphatic carbocycles. The number of para-hydroxylation sites is 1. The number of imidazole rings is 1. The molecule has 1 N–H and O–H groups in total. The molecule has 0 aliphatic heterocycles. The van der Waals surface area contributed by atoms with E-state index in [9.17, 15) is 0 Å². The van der Waals surface area contributed by atoms with Gasteiger partial charge in [0.15, 0.2) is 0 Å². The van der Waals surface area contributed by atoms with Crippen LogP contribution in [0.5, 0.6) is 0 Å². The second-order valence-electron chi connectivity index (χ2n) is 5.24. The van der Waals surface area contributed by atoms with Crippen molar-refractivity contribution >= 4 is 33.1 Å². The van der Waals surface area contributed by atoms with Crippen LogP contribution in [0.25, 0.3) is 16.9 Å². The van der Waals surface area contributed by atoms with Crippen molar-refractivity contribution in [2.75, 3.05) is 5.32 Å². The fourth-order valence-corrected chi connectivity index (χ4v) is 2.92. The fraction of sp³-hybridized carbons (Fsp3) is 0. The van der Waals surface area contributed by atoms with Gasteiger partial charge in [0.1, 0.15) is 17.2 Å². The Labute approximate surface area is 142 Å². The zero-order valence-corrected chi connectivity index (χ0v) is 13.9. The molecule has 2 aromatic heterocycles. The third-order valence-corrected chi connectivity index (χ3v) is 4.17. The number of benzene rings is 2. The smallest absolute Gasteiger partial charge is 0.143 e. The van der Waals surface area contributed by atoms with Crippen LogP contribution in [-0.2, 0) is 0 Å². The number of halogens is 1. The van der Waals surface area contributed by atoms with Crippen LogP contribution in [0.4, 0.5) is 11.5 Å². The third kappa shape index (κ3) is 2.73. The van der Waals surface area contributed by atoms with Crippen LogP contribution >= 0.6 is 15.9 Å². The van der Waals surface area contributed by atoms with Crippen LogP contribution in [0, 0.1) is 0 Å². The maximum absolute atomic E-state index is 4.81. The molecule has 112 valence electrons. The summed E-state index contributed by atoms with van der Waals surface area (Å²) in [7, 11) is 0. The zero-order chi connectivity index (χ0) is 15.6. The number of rotatable bonds is 3. The Bertz CT molecular complexity index is 946. The van der Waals surface area contributed by atoms with E-state index in [2.05, 4.69) is 37.8 Å². The van der Waals surface area contributed by atoms with E-state index in [0.29, 0.717) is 0 Å². The Morgan fingerprint density at radius 1 is 0.870 bits per heavy atom. The van der Waals surface area contributed by atoms with Gasteiger partial charge < -0.3 is 5.32 Å². The van der Waals surface area contributed by atoms with Crippen LogP contribution in [0.1, 0.15) is 0 Å². The SMILES string of the molecule is Brc1ccn2c(Nc3ccccc3)c(-c3ccccc3)nc2c1. The summed E-state index contributed by atoms with van der Waals surface area (Å²) in [5.74, 6) is 0.963.